The lowest BCUT2D eigenvalue weighted by Crippen LogP contribution is -2.25. The van der Waals surface area contributed by atoms with Crippen molar-refractivity contribution in [3.63, 3.8) is 0 Å². The van der Waals surface area contributed by atoms with Gasteiger partial charge in [-0.1, -0.05) is 18.9 Å². The summed E-state index contributed by atoms with van der Waals surface area (Å²) in [4.78, 5) is 17.3. The Morgan fingerprint density at radius 2 is 2.00 bits per heavy atom. The minimum atomic E-state index is -0.935. The molecule has 0 amide bonds. The third-order valence-electron chi connectivity index (χ3n) is 3.19. The van der Waals surface area contributed by atoms with Crippen LogP contribution in [0.5, 0.6) is 0 Å². The molecule has 1 N–H and O–H groups in total. The van der Waals surface area contributed by atoms with Gasteiger partial charge in [0.2, 0.25) is 0 Å². The fourth-order valence-electron chi connectivity index (χ4n) is 2.29. The van der Waals surface area contributed by atoms with E-state index in [0.717, 1.165) is 18.7 Å². The number of carboxylic acids is 1. The van der Waals surface area contributed by atoms with Gasteiger partial charge in [-0.05, 0) is 37.6 Å². The van der Waals surface area contributed by atoms with E-state index in [1.54, 1.807) is 6.07 Å². The molecule has 1 fully saturated rings. The molecule has 1 aromatic heterocycles. The van der Waals surface area contributed by atoms with E-state index in [9.17, 15) is 4.79 Å². The van der Waals surface area contributed by atoms with Gasteiger partial charge >= 0.3 is 5.97 Å². The zero-order valence-corrected chi connectivity index (χ0v) is 9.93. The first-order valence-corrected chi connectivity index (χ1v) is 6.17. The molecular formula is C13H18N2O2. The summed E-state index contributed by atoms with van der Waals surface area (Å²) in [7, 11) is 0. The lowest BCUT2D eigenvalue weighted by Gasteiger charge is -2.20. The van der Waals surface area contributed by atoms with E-state index in [1.807, 2.05) is 6.07 Å². The molecule has 0 atom stereocenters. The van der Waals surface area contributed by atoms with Crippen LogP contribution >= 0.6 is 0 Å². The summed E-state index contributed by atoms with van der Waals surface area (Å²) >= 11 is 0. The third kappa shape index (κ3) is 3.27. The number of likely N-dealkylation sites (tertiary alicyclic amines) is 1. The number of aromatic carboxylic acids is 1. The monoisotopic (exact) mass is 234 g/mol. The third-order valence-corrected chi connectivity index (χ3v) is 3.19. The largest absolute Gasteiger partial charge is 0.477 e. The average molecular weight is 234 g/mol. The Labute approximate surface area is 101 Å². The van der Waals surface area contributed by atoms with Gasteiger partial charge in [0.1, 0.15) is 0 Å². The predicted molar refractivity (Wildman–Crippen MR) is 64.9 cm³/mol. The Balaban J connectivity index is 2.09. The van der Waals surface area contributed by atoms with Crippen LogP contribution in [-0.2, 0) is 6.54 Å². The van der Waals surface area contributed by atoms with Gasteiger partial charge in [0.25, 0.3) is 0 Å². The normalized spacial score (nSPS) is 17.6. The second-order valence-corrected chi connectivity index (χ2v) is 4.51. The van der Waals surface area contributed by atoms with Gasteiger partial charge in [-0.15, -0.1) is 0 Å². The molecule has 92 valence electrons. The van der Waals surface area contributed by atoms with Gasteiger partial charge in [0.15, 0.2) is 5.69 Å². The quantitative estimate of drug-likeness (QED) is 0.870. The van der Waals surface area contributed by atoms with Gasteiger partial charge in [0.05, 0.1) is 0 Å². The number of pyridine rings is 1. The molecule has 4 heteroatoms. The summed E-state index contributed by atoms with van der Waals surface area (Å²) in [6.45, 7) is 2.83. The summed E-state index contributed by atoms with van der Waals surface area (Å²) in [5, 5.41) is 9.07. The fourth-order valence-corrected chi connectivity index (χ4v) is 2.29. The van der Waals surface area contributed by atoms with E-state index in [2.05, 4.69) is 9.88 Å². The van der Waals surface area contributed by atoms with E-state index in [4.69, 9.17) is 5.11 Å². The molecule has 4 nitrogen and oxygen atoms in total. The van der Waals surface area contributed by atoms with Crippen LogP contribution in [-0.4, -0.2) is 34.0 Å². The maximum absolute atomic E-state index is 11.1. The Bertz CT molecular complexity index is 385. The van der Waals surface area contributed by atoms with Crippen molar-refractivity contribution >= 4 is 5.97 Å². The van der Waals surface area contributed by atoms with Crippen LogP contribution in [0.25, 0.3) is 0 Å². The van der Waals surface area contributed by atoms with E-state index in [0.29, 0.717) is 6.54 Å². The molecule has 0 spiro atoms. The smallest absolute Gasteiger partial charge is 0.354 e. The lowest BCUT2D eigenvalue weighted by molar-refractivity contribution is 0.0688. The molecule has 2 rings (SSSR count). The molecule has 1 saturated heterocycles. The number of aromatic nitrogens is 1. The van der Waals surface area contributed by atoms with E-state index >= 15 is 0 Å². The Kier molecular flexibility index (Phi) is 4.09. The van der Waals surface area contributed by atoms with Crippen LogP contribution < -0.4 is 0 Å². The van der Waals surface area contributed by atoms with Gasteiger partial charge in [-0.2, -0.15) is 0 Å². The topological polar surface area (TPSA) is 53.4 Å². The maximum atomic E-state index is 11.1. The predicted octanol–water partition coefficient (Wildman–Crippen LogP) is 2.16. The standard InChI is InChI=1S/C13H18N2O2/c16-13(17)12-11(6-5-7-14-12)10-15-8-3-1-2-4-9-15/h5-7H,1-4,8-10H2,(H,16,17). The van der Waals surface area contributed by atoms with Crippen molar-refractivity contribution in [1.29, 1.82) is 0 Å². The molecule has 0 radical (unpaired) electrons. The van der Waals surface area contributed by atoms with E-state index < -0.39 is 5.97 Å². The highest BCUT2D eigenvalue weighted by atomic mass is 16.4. The summed E-state index contributed by atoms with van der Waals surface area (Å²) < 4.78 is 0. The number of carboxylic acid groups (broad SMARTS) is 1. The van der Waals surface area contributed by atoms with Crippen molar-refractivity contribution < 1.29 is 9.90 Å². The van der Waals surface area contributed by atoms with Gasteiger partial charge in [-0.25, -0.2) is 9.78 Å². The van der Waals surface area contributed by atoms with Crippen LogP contribution in [0, 0.1) is 0 Å². The second kappa shape index (κ2) is 5.77. The highest BCUT2D eigenvalue weighted by Crippen LogP contribution is 2.14. The summed E-state index contributed by atoms with van der Waals surface area (Å²) in [6, 6.07) is 3.67. The fraction of sp³-hybridized carbons (Fsp3) is 0.538. The van der Waals surface area contributed by atoms with Gasteiger partial charge < -0.3 is 5.11 Å². The zero-order chi connectivity index (χ0) is 12.1. The van der Waals surface area contributed by atoms with Crippen LogP contribution in [0.15, 0.2) is 18.3 Å². The molecule has 1 aromatic rings. The molecular weight excluding hydrogens is 216 g/mol. The van der Waals surface area contributed by atoms with Crippen LogP contribution in [0.2, 0.25) is 0 Å². The molecule has 1 aliphatic heterocycles. The second-order valence-electron chi connectivity index (χ2n) is 4.51. The Morgan fingerprint density at radius 3 is 2.65 bits per heavy atom. The maximum Gasteiger partial charge on any atom is 0.354 e. The van der Waals surface area contributed by atoms with Crippen molar-refractivity contribution in [3.05, 3.63) is 29.6 Å². The first kappa shape index (κ1) is 12.0. The van der Waals surface area contributed by atoms with E-state index in [1.165, 1.54) is 31.9 Å². The van der Waals surface area contributed by atoms with Crippen molar-refractivity contribution in [1.82, 2.24) is 9.88 Å². The highest BCUT2D eigenvalue weighted by molar-refractivity contribution is 5.86. The summed E-state index contributed by atoms with van der Waals surface area (Å²) in [6.07, 6.45) is 6.53. The molecule has 0 aliphatic carbocycles. The van der Waals surface area contributed by atoms with Crippen LogP contribution in [0.3, 0.4) is 0 Å². The van der Waals surface area contributed by atoms with Crippen molar-refractivity contribution in [2.24, 2.45) is 0 Å². The van der Waals surface area contributed by atoms with Crippen molar-refractivity contribution in [2.75, 3.05) is 13.1 Å². The SMILES string of the molecule is O=C(O)c1ncccc1CN1CCCCCC1. The van der Waals surface area contributed by atoms with Gasteiger partial charge in [0, 0.05) is 12.7 Å². The molecule has 17 heavy (non-hydrogen) atoms. The average Bonchev–Trinajstić information content (AvgIpc) is 2.58. The number of hydrogen-bond acceptors (Lipinski definition) is 3. The minimum Gasteiger partial charge on any atom is -0.477 e. The van der Waals surface area contributed by atoms with Crippen LogP contribution in [0.1, 0.15) is 41.7 Å². The summed E-state index contributed by atoms with van der Waals surface area (Å²) in [5.41, 5.74) is 1.01. The van der Waals surface area contributed by atoms with Crippen molar-refractivity contribution in [3.8, 4) is 0 Å². The zero-order valence-electron chi connectivity index (χ0n) is 9.93. The Hall–Kier alpha value is -1.42. The first-order valence-electron chi connectivity index (χ1n) is 6.17. The highest BCUT2D eigenvalue weighted by Gasteiger charge is 2.15. The molecule has 2 heterocycles. The van der Waals surface area contributed by atoms with Crippen molar-refractivity contribution in [2.45, 2.75) is 32.2 Å². The number of carbonyl (C=O) groups is 1. The Morgan fingerprint density at radius 1 is 1.29 bits per heavy atom. The lowest BCUT2D eigenvalue weighted by atomic mass is 10.1. The van der Waals surface area contributed by atoms with Crippen LogP contribution in [0.4, 0.5) is 0 Å². The first-order chi connectivity index (χ1) is 8.27. The molecule has 0 bridgehead atoms. The molecule has 1 aliphatic rings. The van der Waals surface area contributed by atoms with Gasteiger partial charge in [-0.3, -0.25) is 4.90 Å². The number of rotatable bonds is 3. The minimum absolute atomic E-state index is 0.191. The number of nitrogens with zero attached hydrogens (tertiary/aromatic N) is 2. The molecule has 0 aromatic carbocycles. The molecule has 0 unspecified atom stereocenters. The summed E-state index contributed by atoms with van der Waals surface area (Å²) in [5.74, 6) is -0.935. The van der Waals surface area contributed by atoms with E-state index in [-0.39, 0.29) is 5.69 Å². The number of hydrogen-bond donors (Lipinski definition) is 1. The molecule has 0 saturated carbocycles.